The van der Waals surface area contributed by atoms with Gasteiger partial charge in [-0.3, -0.25) is 9.59 Å². The Morgan fingerprint density at radius 2 is 1.97 bits per heavy atom. The first-order valence-corrected chi connectivity index (χ1v) is 10.4. The van der Waals surface area contributed by atoms with Crippen molar-refractivity contribution in [2.45, 2.75) is 38.3 Å². The molecular weight excluding hydrogens is 368 g/mol. The molecule has 1 unspecified atom stereocenters. The van der Waals surface area contributed by atoms with Gasteiger partial charge in [0, 0.05) is 38.2 Å². The predicted molar refractivity (Wildman–Crippen MR) is 111 cm³/mol. The van der Waals surface area contributed by atoms with E-state index in [0.29, 0.717) is 13.1 Å². The number of amides is 1. The second-order valence-corrected chi connectivity index (χ2v) is 7.84. The van der Waals surface area contributed by atoms with E-state index in [0.717, 1.165) is 56.6 Å². The highest BCUT2D eigenvalue weighted by Gasteiger charge is 2.26. The SMILES string of the molecule is O=C(NCC1CCCO1)C1CCN(c2cnn(Cc3ccccc3)c(=O)c2)CC1. The maximum absolute atomic E-state index is 12.5. The first-order chi connectivity index (χ1) is 14.2. The van der Waals surface area contributed by atoms with E-state index >= 15 is 0 Å². The molecule has 1 amide bonds. The maximum atomic E-state index is 12.5. The molecule has 2 aliphatic rings. The van der Waals surface area contributed by atoms with Crippen molar-refractivity contribution in [1.82, 2.24) is 15.1 Å². The third-order valence-corrected chi connectivity index (χ3v) is 5.79. The molecule has 29 heavy (non-hydrogen) atoms. The molecule has 2 aliphatic heterocycles. The van der Waals surface area contributed by atoms with E-state index in [9.17, 15) is 9.59 Å². The molecule has 3 heterocycles. The lowest BCUT2D eigenvalue weighted by atomic mass is 9.95. The molecule has 0 spiro atoms. The summed E-state index contributed by atoms with van der Waals surface area (Å²) >= 11 is 0. The first-order valence-electron chi connectivity index (χ1n) is 10.4. The molecule has 0 bridgehead atoms. The lowest BCUT2D eigenvalue weighted by Crippen LogP contribution is -2.42. The van der Waals surface area contributed by atoms with E-state index in [4.69, 9.17) is 4.74 Å². The number of benzene rings is 1. The summed E-state index contributed by atoms with van der Waals surface area (Å²) in [5.74, 6) is 0.149. The Hall–Kier alpha value is -2.67. The molecule has 4 rings (SSSR count). The fourth-order valence-corrected chi connectivity index (χ4v) is 4.04. The van der Waals surface area contributed by atoms with Crippen molar-refractivity contribution < 1.29 is 9.53 Å². The molecule has 0 radical (unpaired) electrons. The summed E-state index contributed by atoms with van der Waals surface area (Å²) in [5, 5.41) is 7.39. The van der Waals surface area contributed by atoms with Crippen molar-refractivity contribution in [3.05, 3.63) is 58.5 Å². The highest BCUT2D eigenvalue weighted by atomic mass is 16.5. The number of carbonyl (C=O) groups is 1. The fraction of sp³-hybridized carbons (Fsp3) is 0.500. The number of ether oxygens (including phenoxy) is 1. The van der Waals surface area contributed by atoms with E-state index in [1.54, 1.807) is 12.3 Å². The highest BCUT2D eigenvalue weighted by Crippen LogP contribution is 2.22. The van der Waals surface area contributed by atoms with Crippen LogP contribution in [0.3, 0.4) is 0 Å². The van der Waals surface area contributed by atoms with Crippen molar-refractivity contribution in [3.8, 4) is 0 Å². The van der Waals surface area contributed by atoms with Crippen LogP contribution in [0.1, 0.15) is 31.2 Å². The summed E-state index contributed by atoms with van der Waals surface area (Å²) in [6.45, 7) is 3.39. The van der Waals surface area contributed by atoms with Crippen LogP contribution in [-0.2, 0) is 16.1 Å². The lowest BCUT2D eigenvalue weighted by Gasteiger charge is -2.32. The largest absolute Gasteiger partial charge is 0.376 e. The number of hydrogen-bond acceptors (Lipinski definition) is 5. The lowest BCUT2D eigenvalue weighted by molar-refractivity contribution is -0.126. The van der Waals surface area contributed by atoms with Crippen LogP contribution in [0.25, 0.3) is 0 Å². The van der Waals surface area contributed by atoms with Gasteiger partial charge in [0.25, 0.3) is 5.56 Å². The van der Waals surface area contributed by atoms with Gasteiger partial charge in [0.2, 0.25) is 5.91 Å². The normalized spacial score (nSPS) is 20.0. The summed E-state index contributed by atoms with van der Waals surface area (Å²) in [7, 11) is 0. The van der Waals surface area contributed by atoms with Gasteiger partial charge in [0.1, 0.15) is 0 Å². The molecule has 154 valence electrons. The molecule has 0 aliphatic carbocycles. The van der Waals surface area contributed by atoms with E-state index in [-0.39, 0.29) is 23.5 Å². The van der Waals surface area contributed by atoms with Crippen LogP contribution in [-0.4, -0.2) is 48.0 Å². The second kappa shape index (κ2) is 9.22. The summed E-state index contributed by atoms with van der Waals surface area (Å²) < 4.78 is 7.04. The molecule has 1 N–H and O–H groups in total. The van der Waals surface area contributed by atoms with Crippen LogP contribution in [0.2, 0.25) is 0 Å². The van der Waals surface area contributed by atoms with Gasteiger partial charge >= 0.3 is 0 Å². The van der Waals surface area contributed by atoms with Gasteiger partial charge in [-0.25, -0.2) is 4.68 Å². The third kappa shape index (κ3) is 5.03. The first kappa shape index (κ1) is 19.6. The minimum atomic E-state index is -0.109. The van der Waals surface area contributed by atoms with Crippen molar-refractivity contribution >= 4 is 11.6 Å². The molecule has 7 heteroatoms. The Bertz CT molecular complexity index is 869. The standard InChI is InChI=1S/C22H28N4O3/c27-21-13-19(14-24-26(21)16-17-5-2-1-3-6-17)25-10-8-18(9-11-25)22(28)23-15-20-7-4-12-29-20/h1-3,5-6,13-14,18,20H,4,7-12,15-16H2,(H,23,28). The number of nitrogens with zero attached hydrogens (tertiary/aromatic N) is 3. The molecule has 0 saturated carbocycles. The van der Waals surface area contributed by atoms with Crippen LogP contribution in [0, 0.1) is 5.92 Å². The molecule has 2 fully saturated rings. The Labute approximate surface area is 170 Å². The Morgan fingerprint density at radius 3 is 2.66 bits per heavy atom. The Kier molecular flexibility index (Phi) is 6.24. The summed E-state index contributed by atoms with van der Waals surface area (Å²) in [6, 6.07) is 11.5. The van der Waals surface area contributed by atoms with E-state index < -0.39 is 0 Å². The molecule has 2 saturated heterocycles. The smallest absolute Gasteiger partial charge is 0.269 e. The molecule has 7 nitrogen and oxygen atoms in total. The van der Waals surface area contributed by atoms with Gasteiger partial charge in [0.05, 0.1) is 24.5 Å². The Morgan fingerprint density at radius 1 is 1.17 bits per heavy atom. The fourth-order valence-electron chi connectivity index (χ4n) is 4.04. The number of aromatic nitrogens is 2. The van der Waals surface area contributed by atoms with E-state index in [1.807, 2.05) is 30.3 Å². The molecule has 2 aromatic rings. The van der Waals surface area contributed by atoms with Crippen LogP contribution in [0.4, 0.5) is 5.69 Å². The minimum absolute atomic E-state index is 0.0269. The quantitative estimate of drug-likeness (QED) is 0.806. The van der Waals surface area contributed by atoms with Crippen LogP contribution in [0.5, 0.6) is 0 Å². The van der Waals surface area contributed by atoms with E-state index in [1.165, 1.54) is 4.68 Å². The summed E-state index contributed by atoms with van der Waals surface area (Å²) in [6.07, 6.45) is 5.60. The number of nitrogens with one attached hydrogen (secondary N) is 1. The third-order valence-electron chi connectivity index (χ3n) is 5.79. The van der Waals surface area contributed by atoms with Gasteiger partial charge in [-0.2, -0.15) is 5.10 Å². The number of hydrogen-bond donors (Lipinski definition) is 1. The second-order valence-electron chi connectivity index (χ2n) is 7.84. The van der Waals surface area contributed by atoms with Crippen LogP contribution >= 0.6 is 0 Å². The number of piperidine rings is 1. The molecule has 1 aromatic heterocycles. The summed E-state index contributed by atoms with van der Waals surface area (Å²) in [5.41, 5.74) is 1.77. The van der Waals surface area contributed by atoms with Gasteiger partial charge in [0.15, 0.2) is 0 Å². The number of carbonyl (C=O) groups excluding carboxylic acids is 1. The van der Waals surface area contributed by atoms with Crippen LogP contribution < -0.4 is 15.8 Å². The van der Waals surface area contributed by atoms with Crippen molar-refractivity contribution in [2.24, 2.45) is 5.92 Å². The van der Waals surface area contributed by atoms with Gasteiger partial charge in [-0.1, -0.05) is 30.3 Å². The van der Waals surface area contributed by atoms with Crippen molar-refractivity contribution in [3.63, 3.8) is 0 Å². The average molecular weight is 396 g/mol. The average Bonchev–Trinajstić information content (AvgIpc) is 3.28. The number of rotatable bonds is 6. The monoisotopic (exact) mass is 396 g/mol. The van der Waals surface area contributed by atoms with Gasteiger partial charge < -0.3 is 15.0 Å². The minimum Gasteiger partial charge on any atom is -0.376 e. The zero-order valence-corrected chi connectivity index (χ0v) is 16.6. The van der Waals surface area contributed by atoms with E-state index in [2.05, 4.69) is 15.3 Å². The zero-order chi connectivity index (χ0) is 20.1. The van der Waals surface area contributed by atoms with Crippen molar-refractivity contribution in [1.29, 1.82) is 0 Å². The maximum Gasteiger partial charge on any atom is 0.269 e. The van der Waals surface area contributed by atoms with Gasteiger partial charge in [-0.15, -0.1) is 0 Å². The Balaban J connectivity index is 1.29. The number of anilines is 1. The summed E-state index contributed by atoms with van der Waals surface area (Å²) in [4.78, 5) is 27.0. The van der Waals surface area contributed by atoms with Crippen molar-refractivity contribution in [2.75, 3.05) is 31.1 Å². The molecular formula is C22H28N4O3. The van der Waals surface area contributed by atoms with Crippen LogP contribution in [0.15, 0.2) is 47.4 Å². The topological polar surface area (TPSA) is 76.5 Å². The predicted octanol–water partition coefficient (Wildman–Crippen LogP) is 1.80. The highest BCUT2D eigenvalue weighted by molar-refractivity contribution is 5.79. The van der Waals surface area contributed by atoms with Gasteiger partial charge in [-0.05, 0) is 31.2 Å². The molecule has 1 aromatic carbocycles. The molecule has 1 atom stereocenters. The zero-order valence-electron chi connectivity index (χ0n) is 16.6.